The Morgan fingerprint density at radius 2 is 0.849 bits per heavy atom. The first-order valence-electron chi connectivity index (χ1n) is 18.4. The van der Waals surface area contributed by atoms with E-state index in [0.29, 0.717) is 0 Å². The van der Waals surface area contributed by atoms with Crippen LogP contribution < -0.4 is 4.90 Å². The van der Waals surface area contributed by atoms with Crippen LogP contribution in [-0.4, -0.2) is 4.57 Å². The topological polar surface area (TPSA) is 8.17 Å². The smallest absolute Gasteiger partial charge is 0.122 e. The summed E-state index contributed by atoms with van der Waals surface area (Å²) in [5.41, 5.74) is 11.6. The van der Waals surface area contributed by atoms with Gasteiger partial charge >= 0.3 is 0 Å². The van der Waals surface area contributed by atoms with E-state index < -0.39 is 5.54 Å². The lowest BCUT2D eigenvalue weighted by molar-refractivity contribution is 0.564. The Bertz CT molecular complexity index is 2890. The summed E-state index contributed by atoms with van der Waals surface area (Å²) in [7, 11) is 0. The van der Waals surface area contributed by atoms with E-state index in [1.165, 1.54) is 71.2 Å². The molecule has 2 heteroatoms. The number of rotatable bonds is 5. The average molecular weight is 675 g/mol. The molecule has 0 unspecified atom stereocenters. The standard InChI is InChI=1S/C51H34N2/c1-2-20-37(21-3-1)51(45-27-11-8-24-41(45)42-25-9-12-28-46(42)51)53-49-29-13-10-26-43(49)44-33-32-38(34-50(44)53)52(47-30-14-18-35-16-4-6-22-39(35)47)48-31-15-19-36-17-5-7-23-40(36)48/h1-34H. The summed E-state index contributed by atoms with van der Waals surface area (Å²) in [6.45, 7) is 0. The highest BCUT2D eigenvalue weighted by molar-refractivity contribution is 6.12. The quantitative estimate of drug-likeness (QED) is 0.176. The third-order valence-corrected chi connectivity index (χ3v) is 11.4. The van der Waals surface area contributed by atoms with Crippen molar-refractivity contribution in [1.82, 2.24) is 4.57 Å². The zero-order valence-corrected chi connectivity index (χ0v) is 29.0. The van der Waals surface area contributed by atoms with Gasteiger partial charge in [0.1, 0.15) is 5.54 Å². The summed E-state index contributed by atoms with van der Waals surface area (Å²) in [6, 6.07) is 75.9. The van der Waals surface area contributed by atoms with Gasteiger partial charge in [0.15, 0.2) is 0 Å². The van der Waals surface area contributed by atoms with Crippen molar-refractivity contribution >= 4 is 60.4 Å². The number of benzene rings is 9. The lowest BCUT2D eigenvalue weighted by Gasteiger charge is -2.36. The van der Waals surface area contributed by atoms with Crippen LogP contribution in [0.15, 0.2) is 206 Å². The van der Waals surface area contributed by atoms with Crippen molar-refractivity contribution in [3.05, 3.63) is 223 Å². The van der Waals surface area contributed by atoms with E-state index in [2.05, 4.69) is 216 Å². The fourth-order valence-corrected chi connectivity index (χ4v) is 9.25. The van der Waals surface area contributed by atoms with Gasteiger partial charge in [-0.2, -0.15) is 0 Å². The number of aromatic nitrogens is 1. The first-order chi connectivity index (χ1) is 26.3. The van der Waals surface area contributed by atoms with Gasteiger partial charge < -0.3 is 9.47 Å². The van der Waals surface area contributed by atoms with Crippen LogP contribution in [0.3, 0.4) is 0 Å². The van der Waals surface area contributed by atoms with Gasteiger partial charge in [0.2, 0.25) is 0 Å². The molecule has 0 spiro atoms. The maximum absolute atomic E-state index is 2.64. The lowest BCUT2D eigenvalue weighted by atomic mass is 9.80. The lowest BCUT2D eigenvalue weighted by Crippen LogP contribution is -2.35. The van der Waals surface area contributed by atoms with Gasteiger partial charge in [-0.25, -0.2) is 0 Å². The molecule has 53 heavy (non-hydrogen) atoms. The molecule has 1 heterocycles. The highest BCUT2D eigenvalue weighted by Gasteiger charge is 2.47. The molecule has 0 aliphatic heterocycles. The van der Waals surface area contributed by atoms with Gasteiger partial charge in [-0.1, -0.05) is 176 Å². The van der Waals surface area contributed by atoms with Crippen LogP contribution in [0.5, 0.6) is 0 Å². The van der Waals surface area contributed by atoms with Crippen LogP contribution >= 0.6 is 0 Å². The molecule has 0 amide bonds. The predicted octanol–water partition coefficient (Wildman–Crippen LogP) is 13.4. The van der Waals surface area contributed by atoms with E-state index in [1.54, 1.807) is 0 Å². The van der Waals surface area contributed by atoms with Crippen LogP contribution in [-0.2, 0) is 5.54 Å². The highest BCUT2D eigenvalue weighted by atomic mass is 15.2. The molecule has 9 aromatic carbocycles. The van der Waals surface area contributed by atoms with Crippen molar-refractivity contribution in [3.63, 3.8) is 0 Å². The largest absolute Gasteiger partial charge is 0.322 e. The van der Waals surface area contributed by atoms with E-state index in [0.717, 1.165) is 17.1 Å². The summed E-state index contributed by atoms with van der Waals surface area (Å²) in [4.78, 5) is 2.47. The molecule has 11 rings (SSSR count). The van der Waals surface area contributed by atoms with Crippen molar-refractivity contribution in [3.8, 4) is 11.1 Å². The third kappa shape index (κ3) is 4.21. The Kier molecular flexibility index (Phi) is 6.50. The Balaban J connectivity index is 1.29. The second kappa shape index (κ2) is 11.6. The van der Waals surface area contributed by atoms with E-state index in [9.17, 15) is 0 Å². The molecule has 0 saturated heterocycles. The summed E-state index contributed by atoms with van der Waals surface area (Å²) in [6.07, 6.45) is 0. The fourth-order valence-electron chi connectivity index (χ4n) is 9.25. The van der Waals surface area contributed by atoms with Crippen LogP contribution in [0.25, 0.3) is 54.5 Å². The molecule has 0 radical (unpaired) electrons. The van der Waals surface area contributed by atoms with Gasteiger partial charge in [0.05, 0.1) is 22.4 Å². The van der Waals surface area contributed by atoms with Crippen molar-refractivity contribution in [2.45, 2.75) is 5.54 Å². The second-order valence-corrected chi connectivity index (χ2v) is 14.1. The summed E-state index contributed by atoms with van der Waals surface area (Å²) in [5.74, 6) is 0. The molecule has 1 aliphatic carbocycles. The Morgan fingerprint density at radius 3 is 1.49 bits per heavy atom. The first kappa shape index (κ1) is 29.8. The Hall–Kier alpha value is -6.90. The second-order valence-electron chi connectivity index (χ2n) is 14.1. The average Bonchev–Trinajstić information content (AvgIpc) is 3.72. The van der Waals surface area contributed by atoms with E-state index in [4.69, 9.17) is 0 Å². The minimum absolute atomic E-state index is 0.613. The van der Waals surface area contributed by atoms with Crippen molar-refractivity contribution < 1.29 is 0 Å². The molecule has 0 fully saturated rings. The van der Waals surface area contributed by atoms with Gasteiger partial charge in [0.25, 0.3) is 0 Å². The first-order valence-corrected chi connectivity index (χ1v) is 18.4. The highest BCUT2D eigenvalue weighted by Crippen LogP contribution is 2.56. The predicted molar refractivity (Wildman–Crippen MR) is 223 cm³/mol. The van der Waals surface area contributed by atoms with Crippen LogP contribution in [0.1, 0.15) is 16.7 Å². The number of hydrogen-bond donors (Lipinski definition) is 0. The fraction of sp³-hybridized carbons (Fsp3) is 0.0196. The normalized spacial score (nSPS) is 13.1. The van der Waals surface area contributed by atoms with E-state index in [-0.39, 0.29) is 0 Å². The van der Waals surface area contributed by atoms with Gasteiger partial charge in [-0.15, -0.1) is 0 Å². The molecule has 248 valence electrons. The maximum Gasteiger partial charge on any atom is 0.122 e. The van der Waals surface area contributed by atoms with Gasteiger partial charge in [0, 0.05) is 27.2 Å². The Morgan fingerprint density at radius 1 is 0.358 bits per heavy atom. The molecule has 1 aromatic heterocycles. The molecule has 0 bridgehead atoms. The third-order valence-electron chi connectivity index (χ3n) is 11.4. The van der Waals surface area contributed by atoms with Crippen molar-refractivity contribution in [1.29, 1.82) is 0 Å². The zero-order chi connectivity index (χ0) is 34.9. The van der Waals surface area contributed by atoms with Crippen molar-refractivity contribution in [2.24, 2.45) is 0 Å². The molecular weight excluding hydrogens is 641 g/mol. The number of hydrogen-bond acceptors (Lipinski definition) is 1. The van der Waals surface area contributed by atoms with Gasteiger partial charge in [-0.05, 0) is 68.9 Å². The summed E-state index contributed by atoms with van der Waals surface area (Å²) < 4.78 is 2.64. The summed E-state index contributed by atoms with van der Waals surface area (Å²) >= 11 is 0. The number of fused-ring (bicyclic) bond motifs is 8. The number of anilines is 3. The number of nitrogens with zero attached hydrogens (tertiary/aromatic N) is 2. The maximum atomic E-state index is 2.64. The monoisotopic (exact) mass is 674 g/mol. The number of para-hydroxylation sites is 1. The molecule has 0 saturated carbocycles. The molecule has 0 N–H and O–H groups in total. The molecule has 10 aromatic rings. The van der Waals surface area contributed by atoms with Crippen LogP contribution in [0.4, 0.5) is 17.1 Å². The molecular formula is C51H34N2. The SMILES string of the molecule is c1ccc(C2(n3c4ccccc4c4ccc(N(c5cccc6ccccc56)c5cccc6ccccc56)cc43)c3ccccc3-c3ccccc32)cc1. The molecule has 0 atom stereocenters. The van der Waals surface area contributed by atoms with E-state index in [1.807, 2.05) is 0 Å². The Labute approximate surface area is 308 Å². The summed E-state index contributed by atoms with van der Waals surface area (Å²) in [5, 5.41) is 7.33. The molecule has 1 aliphatic rings. The van der Waals surface area contributed by atoms with Gasteiger partial charge in [-0.3, -0.25) is 0 Å². The van der Waals surface area contributed by atoms with Crippen LogP contribution in [0.2, 0.25) is 0 Å². The minimum Gasteiger partial charge on any atom is -0.322 e. The minimum atomic E-state index is -0.613. The molecule has 2 nitrogen and oxygen atoms in total. The van der Waals surface area contributed by atoms with Crippen LogP contribution in [0, 0.1) is 0 Å². The zero-order valence-electron chi connectivity index (χ0n) is 29.0. The van der Waals surface area contributed by atoms with E-state index >= 15 is 0 Å². The van der Waals surface area contributed by atoms with Crippen molar-refractivity contribution in [2.75, 3.05) is 4.90 Å².